The van der Waals surface area contributed by atoms with Crippen molar-refractivity contribution < 1.29 is 15.0 Å². The molecule has 2 aromatic rings. The van der Waals surface area contributed by atoms with Crippen molar-refractivity contribution in [3.05, 3.63) is 53.1 Å². The Morgan fingerprint density at radius 2 is 1.67 bits per heavy atom. The Hall–Kier alpha value is -2.20. The summed E-state index contributed by atoms with van der Waals surface area (Å²) in [6.07, 6.45) is 0. The Morgan fingerprint density at radius 1 is 1.06 bits per heavy atom. The number of amides is 1. The lowest BCUT2D eigenvalue weighted by atomic mass is 10.1. The second kappa shape index (κ2) is 4.98. The third-order valence-electron chi connectivity index (χ3n) is 2.33. The molecular weight excluding hydrogens is 254 g/mol. The van der Waals surface area contributed by atoms with Gasteiger partial charge in [-0.05, 0) is 30.3 Å². The van der Waals surface area contributed by atoms with Gasteiger partial charge in [-0.2, -0.15) is 0 Å². The molecule has 2 rings (SSSR count). The maximum atomic E-state index is 11.9. The Bertz CT molecular complexity index is 578. The maximum absolute atomic E-state index is 11.9. The van der Waals surface area contributed by atoms with Crippen LogP contribution in [0.3, 0.4) is 0 Å². The summed E-state index contributed by atoms with van der Waals surface area (Å²) in [5.74, 6) is -1.17. The summed E-state index contributed by atoms with van der Waals surface area (Å²) < 4.78 is 0. The lowest BCUT2D eigenvalue weighted by molar-refractivity contribution is 0.102. The molecule has 1 amide bonds. The van der Waals surface area contributed by atoms with Crippen molar-refractivity contribution in [2.45, 2.75) is 0 Å². The fourth-order valence-electron chi connectivity index (χ4n) is 1.52. The summed E-state index contributed by atoms with van der Waals surface area (Å²) in [5, 5.41) is 22.1. The minimum atomic E-state index is -0.604. The second-order valence-electron chi connectivity index (χ2n) is 3.64. The minimum Gasteiger partial charge on any atom is -0.507 e. The molecule has 0 unspecified atom stereocenters. The van der Waals surface area contributed by atoms with Crippen LogP contribution in [0.1, 0.15) is 10.4 Å². The number of benzene rings is 2. The van der Waals surface area contributed by atoms with E-state index in [2.05, 4.69) is 5.32 Å². The Labute approximate surface area is 108 Å². The summed E-state index contributed by atoms with van der Waals surface area (Å²) in [6.45, 7) is 0. The van der Waals surface area contributed by atoms with Crippen LogP contribution in [-0.4, -0.2) is 16.1 Å². The van der Waals surface area contributed by atoms with Gasteiger partial charge in [-0.15, -0.1) is 0 Å². The molecule has 0 saturated heterocycles. The number of anilines is 1. The lowest BCUT2D eigenvalue weighted by Crippen LogP contribution is -2.12. The predicted molar refractivity (Wildman–Crippen MR) is 69.2 cm³/mol. The largest absolute Gasteiger partial charge is 0.507 e. The van der Waals surface area contributed by atoms with E-state index in [1.807, 2.05) is 0 Å². The van der Waals surface area contributed by atoms with Crippen LogP contribution in [-0.2, 0) is 0 Å². The minimum absolute atomic E-state index is 0.169. The first kappa shape index (κ1) is 12.3. The molecule has 2 aromatic carbocycles. The first-order chi connectivity index (χ1) is 8.58. The molecule has 0 aliphatic rings. The molecule has 0 radical (unpaired) electrons. The van der Waals surface area contributed by atoms with E-state index >= 15 is 0 Å². The third kappa shape index (κ3) is 2.55. The molecular formula is C13H10ClNO3. The number of carbonyl (C=O) groups is 1. The van der Waals surface area contributed by atoms with Crippen molar-refractivity contribution >= 4 is 23.2 Å². The normalized spacial score (nSPS) is 10.1. The Kier molecular flexibility index (Phi) is 3.39. The number of aromatic hydroxyl groups is 2. The molecule has 18 heavy (non-hydrogen) atoms. The van der Waals surface area contributed by atoms with Crippen LogP contribution in [0.4, 0.5) is 5.69 Å². The monoisotopic (exact) mass is 263 g/mol. The molecule has 0 saturated carbocycles. The molecule has 0 spiro atoms. The van der Waals surface area contributed by atoms with Crippen LogP contribution in [0.2, 0.25) is 5.02 Å². The maximum Gasteiger partial charge on any atom is 0.263 e. The predicted octanol–water partition coefficient (Wildman–Crippen LogP) is 3.00. The second-order valence-corrected chi connectivity index (χ2v) is 4.07. The molecule has 92 valence electrons. The van der Waals surface area contributed by atoms with Gasteiger partial charge in [-0.3, -0.25) is 4.79 Å². The number of hydrogen-bond donors (Lipinski definition) is 3. The van der Waals surface area contributed by atoms with Gasteiger partial charge in [0, 0.05) is 10.7 Å². The van der Waals surface area contributed by atoms with Crippen LogP contribution in [0.25, 0.3) is 0 Å². The van der Waals surface area contributed by atoms with Crippen molar-refractivity contribution in [2.24, 2.45) is 0 Å². The number of nitrogens with one attached hydrogen (secondary N) is 1. The van der Waals surface area contributed by atoms with Crippen LogP contribution < -0.4 is 5.32 Å². The summed E-state index contributed by atoms with van der Waals surface area (Å²) >= 11 is 5.79. The lowest BCUT2D eigenvalue weighted by Gasteiger charge is -2.08. The van der Waals surface area contributed by atoms with Crippen LogP contribution >= 0.6 is 11.6 Å². The SMILES string of the molecule is O=C(Nc1cccc(Cl)c1)c1c(O)cccc1O. The molecule has 0 heterocycles. The van der Waals surface area contributed by atoms with E-state index in [1.165, 1.54) is 18.2 Å². The molecule has 0 aromatic heterocycles. The number of carbonyl (C=O) groups excluding carboxylic acids is 1. The van der Waals surface area contributed by atoms with E-state index in [1.54, 1.807) is 24.3 Å². The topological polar surface area (TPSA) is 69.6 Å². The Balaban J connectivity index is 2.28. The molecule has 0 aliphatic heterocycles. The summed E-state index contributed by atoms with van der Waals surface area (Å²) in [4.78, 5) is 11.9. The van der Waals surface area contributed by atoms with Gasteiger partial charge in [0.2, 0.25) is 0 Å². The van der Waals surface area contributed by atoms with Crippen LogP contribution in [0, 0.1) is 0 Å². The van der Waals surface area contributed by atoms with E-state index in [0.717, 1.165) is 0 Å². The zero-order valence-corrected chi connectivity index (χ0v) is 9.98. The van der Waals surface area contributed by atoms with E-state index in [4.69, 9.17) is 11.6 Å². The number of halogens is 1. The highest BCUT2D eigenvalue weighted by atomic mass is 35.5. The van der Waals surface area contributed by atoms with E-state index < -0.39 is 5.91 Å². The molecule has 0 atom stereocenters. The van der Waals surface area contributed by atoms with Crippen molar-refractivity contribution in [2.75, 3.05) is 5.32 Å². The number of hydrogen-bond acceptors (Lipinski definition) is 3. The standard InChI is InChI=1S/C13H10ClNO3/c14-8-3-1-4-9(7-8)15-13(18)12-10(16)5-2-6-11(12)17/h1-7,16-17H,(H,15,18). The Morgan fingerprint density at radius 3 is 2.28 bits per heavy atom. The smallest absolute Gasteiger partial charge is 0.263 e. The van der Waals surface area contributed by atoms with Gasteiger partial charge in [0.25, 0.3) is 5.91 Å². The van der Waals surface area contributed by atoms with E-state index in [9.17, 15) is 15.0 Å². The van der Waals surface area contributed by atoms with Crippen molar-refractivity contribution in [3.63, 3.8) is 0 Å². The average Bonchev–Trinajstić information content (AvgIpc) is 2.28. The van der Waals surface area contributed by atoms with E-state index in [-0.39, 0.29) is 17.1 Å². The van der Waals surface area contributed by atoms with Gasteiger partial charge in [-0.1, -0.05) is 23.7 Å². The fourth-order valence-corrected chi connectivity index (χ4v) is 1.71. The number of rotatable bonds is 2. The number of phenols is 2. The number of phenolic OH excluding ortho intramolecular Hbond substituents is 2. The quantitative estimate of drug-likeness (QED) is 0.780. The van der Waals surface area contributed by atoms with Gasteiger partial charge in [0.05, 0.1) is 0 Å². The molecule has 4 nitrogen and oxygen atoms in total. The highest BCUT2D eigenvalue weighted by molar-refractivity contribution is 6.31. The zero-order valence-electron chi connectivity index (χ0n) is 9.22. The van der Waals surface area contributed by atoms with E-state index in [0.29, 0.717) is 10.7 Å². The molecule has 0 fully saturated rings. The molecule has 0 aliphatic carbocycles. The summed E-state index contributed by atoms with van der Waals surface area (Å²) in [7, 11) is 0. The zero-order chi connectivity index (χ0) is 13.1. The van der Waals surface area contributed by atoms with Gasteiger partial charge in [0.15, 0.2) is 0 Å². The van der Waals surface area contributed by atoms with Gasteiger partial charge in [0.1, 0.15) is 17.1 Å². The third-order valence-corrected chi connectivity index (χ3v) is 2.57. The van der Waals surface area contributed by atoms with Crippen molar-refractivity contribution in [1.82, 2.24) is 0 Å². The van der Waals surface area contributed by atoms with Crippen LogP contribution in [0.5, 0.6) is 11.5 Å². The molecule has 0 bridgehead atoms. The highest BCUT2D eigenvalue weighted by Crippen LogP contribution is 2.27. The summed E-state index contributed by atoms with van der Waals surface area (Å²) in [6, 6.07) is 10.7. The molecule has 5 heteroatoms. The van der Waals surface area contributed by atoms with Crippen molar-refractivity contribution in [3.8, 4) is 11.5 Å². The fraction of sp³-hybridized carbons (Fsp3) is 0. The molecule has 3 N–H and O–H groups in total. The van der Waals surface area contributed by atoms with Gasteiger partial charge in [-0.25, -0.2) is 0 Å². The van der Waals surface area contributed by atoms with Crippen molar-refractivity contribution in [1.29, 1.82) is 0 Å². The van der Waals surface area contributed by atoms with Gasteiger partial charge < -0.3 is 15.5 Å². The first-order valence-electron chi connectivity index (χ1n) is 5.16. The van der Waals surface area contributed by atoms with Crippen LogP contribution in [0.15, 0.2) is 42.5 Å². The first-order valence-corrected chi connectivity index (χ1v) is 5.53. The van der Waals surface area contributed by atoms with Gasteiger partial charge >= 0.3 is 0 Å². The highest BCUT2D eigenvalue weighted by Gasteiger charge is 2.15. The average molecular weight is 264 g/mol. The summed E-state index contributed by atoms with van der Waals surface area (Å²) in [5.41, 5.74) is 0.313.